The number of rotatable bonds is 3. The third-order valence-electron chi connectivity index (χ3n) is 1.68. The molecule has 0 fully saturated rings. The Labute approximate surface area is 96.3 Å². The van der Waals surface area contributed by atoms with Gasteiger partial charge in [0, 0.05) is 4.90 Å². The van der Waals surface area contributed by atoms with Crippen molar-refractivity contribution in [3.05, 3.63) is 35.2 Å². The van der Waals surface area contributed by atoms with E-state index in [9.17, 15) is 13.2 Å². The highest BCUT2D eigenvalue weighted by molar-refractivity contribution is 8.03. The fourth-order valence-electron chi connectivity index (χ4n) is 1.08. The Morgan fingerprint density at radius 3 is 2.50 bits per heavy atom. The zero-order chi connectivity index (χ0) is 12.3. The Bertz CT molecular complexity index is 399. The third-order valence-corrected chi connectivity index (χ3v) is 2.69. The van der Waals surface area contributed by atoms with Gasteiger partial charge in [-0.3, -0.25) is 0 Å². The summed E-state index contributed by atoms with van der Waals surface area (Å²) in [5, 5.41) is 0. The van der Waals surface area contributed by atoms with Gasteiger partial charge in [-0.15, -0.1) is 13.2 Å². The molecular formula is C11H11F3OS. The molecule has 1 aromatic rings. The van der Waals surface area contributed by atoms with Gasteiger partial charge in [-0.1, -0.05) is 24.4 Å². The van der Waals surface area contributed by atoms with Gasteiger partial charge in [-0.2, -0.15) is 0 Å². The number of ether oxygens (including phenoxy) is 1. The Morgan fingerprint density at radius 2 is 2.00 bits per heavy atom. The molecule has 0 aliphatic rings. The van der Waals surface area contributed by atoms with Crippen molar-refractivity contribution >= 4 is 11.8 Å². The van der Waals surface area contributed by atoms with Crippen molar-refractivity contribution in [3.8, 4) is 5.75 Å². The molecule has 0 heterocycles. The summed E-state index contributed by atoms with van der Waals surface area (Å²) < 4.78 is 39.8. The number of halogens is 3. The molecule has 0 saturated carbocycles. The highest BCUT2D eigenvalue weighted by Crippen LogP contribution is 2.32. The molecule has 0 aliphatic carbocycles. The molecule has 0 atom stereocenters. The predicted molar refractivity (Wildman–Crippen MR) is 58.5 cm³/mol. The number of benzene rings is 1. The van der Waals surface area contributed by atoms with Crippen molar-refractivity contribution in [1.82, 2.24) is 0 Å². The lowest BCUT2D eigenvalue weighted by Crippen LogP contribution is -2.17. The van der Waals surface area contributed by atoms with Gasteiger partial charge in [0.1, 0.15) is 5.75 Å². The largest absolute Gasteiger partial charge is 0.573 e. The van der Waals surface area contributed by atoms with Gasteiger partial charge in [0.25, 0.3) is 0 Å². The molecule has 0 spiro atoms. The molecule has 0 aromatic heterocycles. The van der Waals surface area contributed by atoms with Crippen molar-refractivity contribution in [2.24, 2.45) is 0 Å². The zero-order valence-corrected chi connectivity index (χ0v) is 9.71. The standard InChI is InChI=1S/C11H11F3OS/c1-7(2)16-10-6-9(5-4-8(10)3)15-11(12,13)14/h4-6H,1H2,2-3H3. The summed E-state index contributed by atoms with van der Waals surface area (Å²) in [5.41, 5.74) is 0.891. The number of allylic oxidation sites excluding steroid dienone is 1. The summed E-state index contributed by atoms with van der Waals surface area (Å²) in [6, 6.07) is 4.25. The molecule has 0 unspecified atom stereocenters. The van der Waals surface area contributed by atoms with E-state index in [0.29, 0.717) is 4.90 Å². The third kappa shape index (κ3) is 4.18. The Kier molecular flexibility index (Phi) is 3.91. The maximum atomic E-state index is 12.0. The van der Waals surface area contributed by atoms with Gasteiger partial charge in [0.05, 0.1) is 0 Å². The molecule has 1 nitrogen and oxygen atoms in total. The molecule has 88 valence electrons. The first-order valence-electron chi connectivity index (χ1n) is 4.48. The Balaban J connectivity index is 2.93. The molecule has 0 amide bonds. The molecule has 1 aromatic carbocycles. The maximum Gasteiger partial charge on any atom is 0.573 e. The van der Waals surface area contributed by atoms with E-state index in [4.69, 9.17) is 0 Å². The lowest BCUT2D eigenvalue weighted by atomic mass is 10.2. The highest BCUT2D eigenvalue weighted by atomic mass is 32.2. The van der Waals surface area contributed by atoms with Crippen LogP contribution in [0.2, 0.25) is 0 Å². The summed E-state index contributed by atoms with van der Waals surface area (Å²) in [6.07, 6.45) is -4.65. The highest BCUT2D eigenvalue weighted by Gasteiger charge is 2.31. The van der Waals surface area contributed by atoms with Gasteiger partial charge >= 0.3 is 6.36 Å². The van der Waals surface area contributed by atoms with Gasteiger partial charge in [0.15, 0.2) is 0 Å². The van der Waals surface area contributed by atoms with Crippen molar-refractivity contribution in [2.45, 2.75) is 25.1 Å². The first kappa shape index (κ1) is 13.0. The first-order chi connectivity index (χ1) is 7.28. The zero-order valence-electron chi connectivity index (χ0n) is 8.89. The predicted octanol–water partition coefficient (Wildman–Crippen LogP) is 4.52. The van der Waals surface area contributed by atoms with Crippen LogP contribution in [0.15, 0.2) is 34.6 Å². The van der Waals surface area contributed by atoms with E-state index in [0.717, 1.165) is 10.5 Å². The van der Waals surface area contributed by atoms with Crippen LogP contribution < -0.4 is 4.74 Å². The summed E-state index contributed by atoms with van der Waals surface area (Å²) in [5.74, 6) is -0.207. The quantitative estimate of drug-likeness (QED) is 0.727. The fraction of sp³-hybridized carbons (Fsp3) is 0.273. The summed E-state index contributed by atoms with van der Waals surface area (Å²) in [7, 11) is 0. The minimum atomic E-state index is -4.65. The molecule has 5 heteroatoms. The van der Waals surface area contributed by atoms with Crippen LogP contribution in [0.25, 0.3) is 0 Å². The molecule has 0 N–H and O–H groups in total. The minimum Gasteiger partial charge on any atom is -0.406 e. The van der Waals surface area contributed by atoms with E-state index < -0.39 is 6.36 Å². The van der Waals surface area contributed by atoms with E-state index in [2.05, 4.69) is 11.3 Å². The minimum absolute atomic E-state index is 0.207. The van der Waals surface area contributed by atoms with Crippen LogP contribution in [0, 0.1) is 6.92 Å². The van der Waals surface area contributed by atoms with E-state index >= 15 is 0 Å². The lowest BCUT2D eigenvalue weighted by molar-refractivity contribution is -0.274. The Morgan fingerprint density at radius 1 is 1.38 bits per heavy atom. The second-order valence-electron chi connectivity index (χ2n) is 3.28. The van der Waals surface area contributed by atoms with Crippen LogP contribution in [0.4, 0.5) is 13.2 Å². The normalized spacial score (nSPS) is 11.3. The summed E-state index contributed by atoms with van der Waals surface area (Å²) in [4.78, 5) is 1.53. The van der Waals surface area contributed by atoms with Crippen LogP contribution in [0.5, 0.6) is 5.75 Å². The second kappa shape index (κ2) is 4.82. The van der Waals surface area contributed by atoms with E-state index in [1.165, 1.54) is 23.9 Å². The molecular weight excluding hydrogens is 237 g/mol. The number of aryl methyl sites for hydroxylation is 1. The number of hydrogen-bond acceptors (Lipinski definition) is 2. The van der Waals surface area contributed by atoms with Gasteiger partial charge < -0.3 is 4.74 Å². The van der Waals surface area contributed by atoms with E-state index in [-0.39, 0.29) is 5.75 Å². The van der Waals surface area contributed by atoms with Crippen LogP contribution >= 0.6 is 11.8 Å². The molecule has 0 bridgehead atoms. The van der Waals surface area contributed by atoms with Crippen LogP contribution in [0.1, 0.15) is 12.5 Å². The van der Waals surface area contributed by atoms with Crippen molar-refractivity contribution in [1.29, 1.82) is 0 Å². The number of alkyl halides is 3. The van der Waals surface area contributed by atoms with Crippen molar-refractivity contribution in [2.75, 3.05) is 0 Å². The van der Waals surface area contributed by atoms with E-state index in [1.54, 1.807) is 13.0 Å². The molecule has 0 saturated heterocycles. The van der Waals surface area contributed by atoms with Crippen LogP contribution in [-0.2, 0) is 0 Å². The van der Waals surface area contributed by atoms with Gasteiger partial charge in [0.2, 0.25) is 0 Å². The monoisotopic (exact) mass is 248 g/mol. The first-order valence-corrected chi connectivity index (χ1v) is 5.29. The number of hydrogen-bond donors (Lipinski definition) is 0. The Hall–Kier alpha value is -1.10. The summed E-state index contributed by atoms with van der Waals surface area (Å²) >= 11 is 1.32. The van der Waals surface area contributed by atoms with Gasteiger partial charge in [-0.25, -0.2) is 0 Å². The fourth-order valence-corrected chi connectivity index (χ4v) is 1.85. The molecule has 16 heavy (non-hydrogen) atoms. The van der Waals surface area contributed by atoms with E-state index in [1.807, 2.05) is 6.92 Å². The smallest absolute Gasteiger partial charge is 0.406 e. The maximum absolute atomic E-state index is 12.0. The second-order valence-corrected chi connectivity index (χ2v) is 4.62. The number of thioether (sulfide) groups is 1. The molecule has 0 aliphatic heterocycles. The molecule has 1 rings (SSSR count). The SMILES string of the molecule is C=C(C)Sc1cc(OC(F)(F)F)ccc1C. The molecule has 0 radical (unpaired) electrons. The average molecular weight is 248 g/mol. The summed E-state index contributed by atoms with van der Waals surface area (Å²) in [6.45, 7) is 7.31. The van der Waals surface area contributed by atoms with Crippen molar-refractivity contribution in [3.63, 3.8) is 0 Å². The van der Waals surface area contributed by atoms with Gasteiger partial charge in [-0.05, 0) is 36.4 Å². The average Bonchev–Trinajstić information content (AvgIpc) is 2.07. The topological polar surface area (TPSA) is 9.23 Å². The van der Waals surface area contributed by atoms with Crippen LogP contribution in [0.3, 0.4) is 0 Å². The lowest BCUT2D eigenvalue weighted by Gasteiger charge is -2.11. The van der Waals surface area contributed by atoms with Crippen molar-refractivity contribution < 1.29 is 17.9 Å². The van der Waals surface area contributed by atoms with Crippen LogP contribution in [-0.4, -0.2) is 6.36 Å².